The SMILES string of the molecule is CCCNC(=O)C(CCC)Sc1nc(C)cc(=O)n1C. The van der Waals surface area contributed by atoms with Crippen molar-refractivity contribution in [2.24, 2.45) is 7.05 Å². The van der Waals surface area contributed by atoms with Gasteiger partial charge in [-0.1, -0.05) is 32.0 Å². The number of nitrogens with one attached hydrogen (secondary N) is 1. The molecule has 1 rings (SSSR count). The van der Waals surface area contributed by atoms with Crippen LogP contribution in [0.5, 0.6) is 0 Å². The number of amides is 1. The second kappa shape index (κ2) is 8.09. The predicted octanol–water partition coefficient (Wildman–Crippen LogP) is 1.88. The molecule has 112 valence electrons. The summed E-state index contributed by atoms with van der Waals surface area (Å²) in [5, 5.41) is 3.31. The first-order chi connectivity index (χ1) is 9.49. The molecule has 1 heterocycles. The van der Waals surface area contributed by atoms with E-state index in [9.17, 15) is 9.59 Å². The third-order valence-electron chi connectivity index (χ3n) is 2.86. The van der Waals surface area contributed by atoms with Crippen LogP contribution in [-0.2, 0) is 11.8 Å². The molecule has 0 aromatic carbocycles. The van der Waals surface area contributed by atoms with Crippen molar-refractivity contribution in [2.45, 2.75) is 50.4 Å². The van der Waals surface area contributed by atoms with Crippen molar-refractivity contribution in [1.29, 1.82) is 0 Å². The number of rotatable bonds is 7. The van der Waals surface area contributed by atoms with Crippen LogP contribution >= 0.6 is 11.8 Å². The molecule has 1 unspecified atom stereocenters. The van der Waals surface area contributed by atoms with Crippen molar-refractivity contribution in [1.82, 2.24) is 14.9 Å². The first-order valence-corrected chi connectivity index (χ1v) is 7.86. The van der Waals surface area contributed by atoms with E-state index >= 15 is 0 Å². The van der Waals surface area contributed by atoms with Gasteiger partial charge >= 0.3 is 0 Å². The lowest BCUT2D eigenvalue weighted by Gasteiger charge is -2.16. The van der Waals surface area contributed by atoms with Crippen molar-refractivity contribution in [3.05, 3.63) is 22.1 Å². The lowest BCUT2D eigenvalue weighted by molar-refractivity contribution is -0.120. The zero-order chi connectivity index (χ0) is 15.1. The molecule has 1 aromatic rings. The quantitative estimate of drug-likeness (QED) is 0.616. The van der Waals surface area contributed by atoms with Gasteiger partial charge in [-0.15, -0.1) is 0 Å². The van der Waals surface area contributed by atoms with Crippen LogP contribution in [0.25, 0.3) is 0 Å². The molecule has 1 N–H and O–H groups in total. The van der Waals surface area contributed by atoms with Gasteiger partial charge in [-0.05, 0) is 19.8 Å². The van der Waals surface area contributed by atoms with Crippen molar-refractivity contribution in [2.75, 3.05) is 6.54 Å². The predicted molar refractivity (Wildman–Crippen MR) is 82.1 cm³/mol. The molecule has 20 heavy (non-hydrogen) atoms. The maximum Gasteiger partial charge on any atom is 0.254 e. The number of aromatic nitrogens is 2. The molecule has 1 atom stereocenters. The molecule has 0 aliphatic rings. The van der Waals surface area contributed by atoms with Crippen LogP contribution in [0.15, 0.2) is 16.0 Å². The highest BCUT2D eigenvalue weighted by atomic mass is 32.2. The number of carbonyl (C=O) groups excluding carboxylic acids is 1. The van der Waals surface area contributed by atoms with Crippen LogP contribution in [-0.4, -0.2) is 27.3 Å². The molecular formula is C14H23N3O2S. The van der Waals surface area contributed by atoms with Crippen LogP contribution in [0.2, 0.25) is 0 Å². The normalized spacial score (nSPS) is 12.2. The fraction of sp³-hybridized carbons (Fsp3) is 0.643. The zero-order valence-electron chi connectivity index (χ0n) is 12.6. The summed E-state index contributed by atoms with van der Waals surface area (Å²) >= 11 is 1.37. The lowest BCUT2D eigenvalue weighted by atomic mass is 10.2. The molecule has 1 aromatic heterocycles. The molecule has 0 fully saturated rings. The Morgan fingerprint density at radius 2 is 2.15 bits per heavy atom. The maximum absolute atomic E-state index is 12.1. The summed E-state index contributed by atoms with van der Waals surface area (Å²) in [6.07, 6.45) is 2.59. The molecular weight excluding hydrogens is 274 g/mol. The molecule has 6 heteroatoms. The zero-order valence-corrected chi connectivity index (χ0v) is 13.4. The molecule has 0 bridgehead atoms. The highest BCUT2D eigenvalue weighted by molar-refractivity contribution is 8.00. The highest BCUT2D eigenvalue weighted by Crippen LogP contribution is 2.24. The van der Waals surface area contributed by atoms with Gasteiger partial charge in [0, 0.05) is 25.4 Å². The van der Waals surface area contributed by atoms with E-state index in [1.165, 1.54) is 22.4 Å². The van der Waals surface area contributed by atoms with Crippen LogP contribution < -0.4 is 10.9 Å². The van der Waals surface area contributed by atoms with Gasteiger partial charge in [0.25, 0.3) is 5.56 Å². The van der Waals surface area contributed by atoms with E-state index < -0.39 is 0 Å². The first kappa shape index (κ1) is 16.8. The van der Waals surface area contributed by atoms with Crippen LogP contribution in [0.3, 0.4) is 0 Å². The molecule has 0 spiro atoms. The largest absolute Gasteiger partial charge is 0.355 e. The first-order valence-electron chi connectivity index (χ1n) is 6.98. The summed E-state index contributed by atoms with van der Waals surface area (Å²) in [5.74, 6) is 0.0226. The van der Waals surface area contributed by atoms with E-state index in [1.54, 1.807) is 14.0 Å². The second-order valence-corrected chi connectivity index (χ2v) is 5.93. The van der Waals surface area contributed by atoms with Crippen molar-refractivity contribution < 1.29 is 4.79 Å². The van der Waals surface area contributed by atoms with E-state index in [4.69, 9.17) is 0 Å². The number of aryl methyl sites for hydroxylation is 1. The number of carbonyl (C=O) groups is 1. The van der Waals surface area contributed by atoms with Gasteiger partial charge in [-0.2, -0.15) is 0 Å². The van der Waals surface area contributed by atoms with Gasteiger partial charge in [0.1, 0.15) is 0 Å². The fourth-order valence-corrected chi connectivity index (χ4v) is 2.97. The Bertz CT molecular complexity index is 514. The molecule has 1 amide bonds. The average molecular weight is 297 g/mol. The Morgan fingerprint density at radius 3 is 2.75 bits per heavy atom. The van der Waals surface area contributed by atoms with E-state index in [1.807, 2.05) is 13.8 Å². The van der Waals surface area contributed by atoms with Crippen LogP contribution in [0, 0.1) is 6.92 Å². The minimum atomic E-state index is -0.202. The van der Waals surface area contributed by atoms with Gasteiger partial charge in [0.15, 0.2) is 5.16 Å². The molecule has 5 nitrogen and oxygen atoms in total. The van der Waals surface area contributed by atoms with E-state index in [-0.39, 0.29) is 16.7 Å². The molecule has 0 saturated heterocycles. The van der Waals surface area contributed by atoms with E-state index in [0.717, 1.165) is 19.3 Å². The van der Waals surface area contributed by atoms with Gasteiger partial charge in [-0.25, -0.2) is 4.98 Å². The summed E-state index contributed by atoms with van der Waals surface area (Å²) in [6.45, 7) is 6.54. The smallest absolute Gasteiger partial charge is 0.254 e. The number of hydrogen-bond donors (Lipinski definition) is 1. The topological polar surface area (TPSA) is 64.0 Å². The van der Waals surface area contributed by atoms with Crippen LogP contribution in [0.1, 0.15) is 38.8 Å². The number of nitrogens with zero attached hydrogens (tertiary/aromatic N) is 2. The molecule has 0 radical (unpaired) electrons. The van der Waals surface area contributed by atoms with Crippen molar-refractivity contribution in [3.63, 3.8) is 0 Å². The molecule has 0 aliphatic heterocycles. The summed E-state index contributed by atoms with van der Waals surface area (Å²) in [4.78, 5) is 28.2. The maximum atomic E-state index is 12.1. The summed E-state index contributed by atoms with van der Waals surface area (Å²) in [6, 6.07) is 1.50. The Labute approximate surface area is 124 Å². The monoisotopic (exact) mass is 297 g/mol. The molecule has 0 aliphatic carbocycles. The average Bonchev–Trinajstić information content (AvgIpc) is 2.40. The fourth-order valence-electron chi connectivity index (χ4n) is 1.73. The van der Waals surface area contributed by atoms with E-state index in [0.29, 0.717) is 17.4 Å². The summed E-state index contributed by atoms with van der Waals surface area (Å²) in [5.41, 5.74) is 0.587. The van der Waals surface area contributed by atoms with Gasteiger partial charge in [-0.3, -0.25) is 14.2 Å². The standard InChI is InChI=1S/C14H23N3O2S/c1-5-7-11(13(19)15-8-6-2)20-14-16-10(3)9-12(18)17(14)4/h9,11H,5-8H2,1-4H3,(H,15,19). The van der Waals surface area contributed by atoms with Gasteiger partial charge in [0.2, 0.25) is 5.91 Å². The number of thioether (sulfide) groups is 1. The van der Waals surface area contributed by atoms with Crippen molar-refractivity contribution in [3.8, 4) is 0 Å². The summed E-state index contributed by atoms with van der Waals surface area (Å²) in [7, 11) is 1.68. The van der Waals surface area contributed by atoms with Gasteiger partial charge in [0.05, 0.1) is 5.25 Å². The van der Waals surface area contributed by atoms with Crippen molar-refractivity contribution >= 4 is 17.7 Å². The second-order valence-electron chi connectivity index (χ2n) is 4.76. The Hall–Kier alpha value is -1.30. The Morgan fingerprint density at radius 1 is 1.45 bits per heavy atom. The van der Waals surface area contributed by atoms with Crippen LogP contribution in [0.4, 0.5) is 0 Å². The summed E-state index contributed by atoms with van der Waals surface area (Å²) < 4.78 is 1.49. The highest BCUT2D eigenvalue weighted by Gasteiger charge is 2.20. The third kappa shape index (κ3) is 4.67. The minimum Gasteiger partial charge on any atom is -0.355 e. The Balaban J connectivity index is 2.90. The number of hydrogen-bond acceptors (Lipinski definition) is 4. The molecule has 0 saturated carbocycles. The van der Waals surface area contributed by atoms with Gasteiger partial charge < -0.3 is 5.32 Å². The lowest BCUT2D eigenvalue weighted by Crippen LogP contribution is -2.34. The minimum absolute atomic E-state index is 0.0226. The third-order valence-corrected chi connectivity index (χ3v) is 4.17. The Kier molecular flexibility index (Phi) is 6.78. The van der Waals surface area contributed by atoms with E-state index in [2.05, 4.69) is 10.3 Å².